The summed E-state index contributed by atoms with van der Waals surface area (Å²) in [4.78, 5) is 25.7. The van der Waals surface area contributed by atoms with Crippen molar-refractivity contribution in [1.82, 2.24) is 4.90 Å². The Balaban J connectivity index is 1.99. The van der Waals surface area contributed by atoms with Crippen LogP contribution in [-0.2, 0) is 4.79 Å². The van der Waals surface area contributed by atoms with Crippen LogP contribution in [0, 0.1) is 0 Å². The van der Waals surface area contributed by atoms with E-state index in [1.165, 1.54) is 38.4 Å². The Labute approximate surface area is 174 Å². The second-order valence-electron chi connectivity index (χ2n) is 5.75. The summed E-state index contributed by atoms with van der Waals surface area (Å²) in [5.74, 6) is -1.27. The molecular weight excluding hydrogens is 436 g/mol. The highest BCUT2D eigenvalue weighted by atomic mass is 35.5. The zero-order valence-electron chi connectivity index (χ0n) is 15.1. The number of amides is 2. The molecule has 2 rings (SSSR count). The number of nitrogens with one attached hydrogen (secondary N) is 1. The lowest BCUT2D eigenvalue weighted by atomic mass is 10.2. The van der Waals surface area contributed by atoms with Gasteiger partial charge in [-0.25, -0.2) is 0 Å². The van der Waals surface area contributed by atoms with Gasteiger partial charge in [-0.15, -0.1) is 13.2 Å². The van der Waals surface area contributed by atoms with Crippen LogP contribution in [-0.4, -0.2) is 43.8 Å². The fraction of sp³-hybridized carbons (Fsp3) is 0.222. The number of benzene rings is 2. The summed E-state index contributed by atoms with van der Waals surface area (Å²) < 4.78 is 45.2. The molecule has 11 heteroatoms. The number of nitrogens with zero attached hydrogens (tertiary/aromatic N) is 1. The molecule has 2 amide bonds. The van der Waals surface area contributed by atoms with E-state index in [9.17, 15) is 22.8 Å². The molecule has 0 fully saturated rings. The van der Waals surface area contributed by atoms with Gasteiger partial charge < -0.3 is 19.7 Å². The maximum Gasteiger partial charge on any atom is 0.573 e. The first-order valence-corrected chi connectivity index (χ1v) is 8.70. The monoisotopic (exact) mass is 450 g/mol. The highest BCUT2D eigenvalue weighted by Crippen LogP contribution is 2.34. The molecule has 156 valence electrons. The molecule has 6 nitrogen and oxygen atoms in total. The average molecular weight is 451 g/mol. The fourth-order valence-electron chi connectivity index (χ4n) is 2.33. The van der Waals surface area contributed by atoms with E-state index in [2.05, 4.69) is 10.1 Å². The van der Waals surface area contributed by atoms with E-state index in [-0.39, 0.29) is 33.6 Å². The molecule has 0 aliphatic rings. The Morgan fingerprint density at radius 3 is 2.14 bits per heavy atom. The number of ether oxygens (including phenoxy) is 2. The first kappa shape index (κ1) is 22.6. The van der Waals surface area contributed by atoms with Gasteiger partial charge in [0.15, 0.2) is 5.75 Å². The van der Waals surface area contributed by atoms with Crippen molar-refractivity contribution < 1.29 is 32.2 Å². The number of hydrogen-bond donors (Lipinski definition) is 1. The number of alkyl halides is 3. The second kappa shape index (κ2) is 9.23. The minimum atomic E-state index is -4.80. The van der Waals surface area contributed by atoms with E-state index in [4.69, 9.17) is 27.9 Å². The Morgan fingerprint density at radius 2 is 1.66 bits per heavy atom. The number of carbonyl (C=O) groups is 2. The smallest absolute Gasteiger partial charge is 0.494 e. The summed E-state index contributed by atoms with van der Waals surface area (Å²) in [6.07, 6.45) is -4.80. The lowest BCUT2D eigenvalue weighted by Gasteiger charge is -2.18. The summed E-state index contributed by atoms with van der Waals surface area (Å²) in [5, 5.41) is 2.75. The molecule has 0 saturated heterocycles. The van der Waals surface area contributed by atoms with Gasteiger partial charge >= 0.3 is 6.36 Å². The second-order valence-corrected chi connectivity index (χ2v) is 6.57. The van der Waals surface area contributed by atoms with Crippen molar-refractivity contribution in [2.75, 3.05) is 26.0 Å². The van der Waals surface area contributed by atoms with Crippen molar-refractivity contribution in [3.63, 3.8) is 0 Å². The molecule has 0 aliphatic carbocycles. The highest BCUT2D eigenvalue weighted by Gasteiger charge is 2.31. The van der Waals surface area contributed by atoms with Crippen LogP contribution in [0.1, 0.15) is 10.4 Å². The third kappa shape index (κ3) is 6.43. The van der Waals surface area contributed by atoms with E-state index >= 15 is 0 Å². The summed E-state index contributed by atoms with van der Waals surface area (Å²) in [5.41, 5.74) is 0.394. The van der Waals surface area contributed by atoms with Crippen molar-refractivity contribution in [3.8, 4) is 11.5 Å². The lowest BCUT2D eigenvalue weighted by Crippen LogP contribution is -2.35. The Hall–Kier alpha value is -2.65. The minimum Gasteiger partial charge on any atom is -0.494 e. The Kier molecular flexibility index (Phi) is 7.21. The van der Waals surface area contributed by atoms with Crippen LogP contribution in [0.3, 0.4) is 0 Å². The maximum absolute atomic E-state index is 12.5. The zero-order valence-corrected chi connectivity index (χ0v) is 16.7. The van der Waals surface area contributed by atoms with Crippen molar-refractivity contribution >= 4 is 40.7 Å². The topological polar surface area (TPSA) is 67.9 Å². The van der Waals surface area contributed by atoms with Gasteiger partial charge in [0.2, 0.25) is 5.91 Å². The van der Waals surface area contributed by atoms with Crippen LogP contribution in [0.5, 0.6) is 11.5 Å². The van der Waals surface area contributed by atoms with Gasteiger partial charge in [0.25, 0.3) is 5.91 Å². The van der Waals surface area contributed by atoms with Crippen molar-refractivity contribution in [2.45, 2.75) is 6.36 Å². The predicted octanol–water partition coefficient (Wildman–Crippen LogP) is 4.61. The van der Waals surface area contributed by atoms with Gasteiger partial charge in [-0.1, -0.05) is 23.2 Å². The molecule has 0 aromatic heterocycles. The quantitative estimate of drug-likeness (QED) is 0.697. The zero-order chi connectivity index (χ0) is 21.8. The molecule has 0 saturated carbocycles. The Morgan fingerprint density at radius 1 is 1.10 bits per heavy atom. The fourth-order valence-corrected chi connectivity index (χ4v) is 2.97. The van der Waals surface area contributed by atoms with Crippen molar-refractivity contribution in [1.29, 1.82) is 0 Å². The number of halogens is 5. The van der Waals surface area contributed by atoms with E-state index in [0.717, 1.165) is 17.0 Å². The van der Waals surface area contributed by atoms with E-state index in [0.29, 0.717) is 0 Å². The molecule has 0 unspecified atom stereocenters. The van der Waals surface area contributed by atoms with Gasteiger partial charge in [0.1, 0.15) is 5.75 Å². The van der Waals surface area contributed by atoms with Gasteiger partial charge in [-0.05, 0) is 36.4 Å². The van der Waals surface area contributed by atoms with E-state index in [1.807, 2.05) is 0 Å². The van der Waals surface area contributed by atoms with Gasteiger partial charge in [0, 0.05) is 18.3 Å². The molecule has 1 N–H and O–H groups in total. The third-order valence-corrected chi connectivity index (χ3v) is 4.11. The predicted molar refractivity (Wildman–Crippen MR) is 102 cm³/mol. The van der Waals surface area contributed by atoms with Crippen LogP contribution in [0.25, 0.3) is 0 Å². The standard InChI is InChI=1S/C18H15Cl2F3N2O4/c1-25(17(27)10-7-13(19)16(28-2)14(20)8-10)9-15(26)24-11-3-5-12(6-4-11)29-18(21,22)23/h3-8H,9H2,1-2H3,(H,24,26). The lowest BCUT2D eigenvalue weighted by molar-refractivity contribution is -0.274. The molecule has 0 atom stereocenters. The van der Waals surface area contributed by atoms with E-state index in [1.54, 1.807) is 0 Å². The summed E-state index contributed by atoms with van der Waals surface area (Å²) in [6, 6.07) is 7.32. The number of hydrogen-bond acceptors (Lipinski definition) is 4. The van der Waals surface area contributed by atoms with Crippen molar-refractivity contribution in [2.24, 2.45) is 0 Å². The summed E-state index contributed by atoms with van der Waals surface area (Å²) in [6.45, 7) is -0.319. The number of likely N-dealkylation sites (N-methyl/N-ethyl adjacent to an activating group) is 1. The third-order valence-electron chi connectivity index (χ3n) is 3.55. The molecule has 0 radical (unpaired) electrons. The van der Waals surface area contributed by atoms with Crippen molar-refractivity contribution in [3.05, 3.63) is 52.0 Å². The van der Waals surface area contributed by atoms with Gasteiger partial charge in [0.05, 0.1) is 23.7 Å². The largest absolute Gasteiger partial charge is 0.573 e. The summed E-state index contributed by atoms with van der Waals surface area (Å²) >= 11 is 12.0. The number of carbonyl (C=O) groups excluding carboxylic acids is 2. The van der Waals surface area contributed by atoms with Gasteiger partial charge in [-0.2, -0.15) is 0 Å². The molecule has 2 aromatic rings. The van der Waals surface area contributed by atoms with Crippen LogP contribution >= 0.6 is 23.2 Å². The maximum atomic E-state index is 12.5. The first-order chi connectivity index (χ1) is 13.5. The molecule has 29 heavy (non-hydrogen) atoms. The van der Waals surface area contributed by atoms with Crippen LogP contribution < -0.4 is 14.8 Å². The number of anilines is 1. The highest BCUT2D eigenvalue weighted by molar-refractivity contribution is 6.37. The molecule has 0 heterocycles. The molecule has 0 spiro atoms. The molecular formula is C18H15Cl2F3N2O4. The Bertz CT molecular complexity index is 882. The molecule has 0 bridgehead atoms. The van der Waals surface area contributed by atoms with Crippen LogP contribution in [0.15, 0.2) is 36.4 Å². The minimum absolute atomic E-state index is 0.141. The normalized spacial score (nSPS) is 11.0. The molecule has 2 aromatic carbocycles. The summed E-state index contributed by atoms with van der Waals surface area (Å²) in [7, 11) is 2.78. The SMILES string of the molecule is COc1c(Cl)cc(C(=O)N(C)CC(=O)Nc2ccc(OC(F)(F)F)cc2)cc1Cl. The van der Waals surface area contributed by atoms with Crippen LogP contribution in [0.2, 0.25) is 10.0 Å². The van der Waals surface area contributed by atoms with E-state index < -0.39 is 23.9 Å². The van der Waals surface area contributed by atoms with Crippen LogP contribution in [0.4, 0.5) is 18.9 Å². The number of methoxy groups -OCH3 is 1. The number of rotatable bonds is 6. The molecule has 0 aliphatic heterocycles. The first-order valence-electron chi connectivity index (χ1n) is 7.94. The average Bonchev–Trinajstić information content (AvgIpc) is 2.61. The van der Waals surface area contributed by atoms with Gasteiger partial charge in [-0.3, -0.25) is 9.59 Å².